The van der Waals surface area contributed by atoms with Crippen LogP contribution in [-0.4, -0.2) is 6.61 Å². The van der Waals surface area contributed by atoms with E-state index in [1.54, 1.807) is 0 Å². The third-order valence-corrected chi connectivity index (χ3v) is 5.51. The molecule has 0 fully saturated rings. The van der Waals surface area contributed by atoms with Gasteiger partial charge in [-0.15, -0.1) is 0 Å². The molecule has 3 rings (SSSR count). The molecule has 2 aromatic rings. The largest absolute Gasteiger partial charge is 0.493 e. The number of rotatable bonds is 2. The maximum atomic E-state index is 6.45. The van der Waals surface area contributed by atoms with Gasteiger partial charge in [0.25, 0.3) is 0 Å². The van der Waals surface area contributed by atoms with E-state index in [0.29, 0.717) is 0 Å². The molecule has 1 heterocycles. The highest BCUT2D eigenvalue weighted by Crippen LogP contribution is 2.44. The fourth-order valence-electron chi connectivity index (χ4n) is 2.52. The van der Waals surface area contributed by atoms with Crippen LogP contribution in [0.3, 0.4) is 0 Å². The summed E-state index contributed by atoms with van der Waals surface area (Å²) in [7, 11) is 0. The molecule has 1 atom stereocenters. The molecule has 0 aliphatic carbocycles. The second-order valence-corrected chi connectivity index (χ2v) is 7.13. The smallest absolute Gasteiger partial charge is 0.127 e. The van der Waals surface area contributed by atoms with E-state index in [9.17, 15) is 0 Å². The van der Waals surface area contributed by atoms with E-state index >= 15 is 0 Å². The highest BCUT2D eigenvalue weighted by atomic mass is 79.9. The summed E-state index contributed by atoms with van der Waals surface area (Å²) in [4.78, 5) is 0.0271. The van der Waals surface area contributed by atoms with Crippen molar-refractivity contribution in [1.82, 2.24) is 0 Å². The quantitative estimate of drug-likeness (QED) is 0.560. The molecule has 0 N–H and O–H groups in total. The van der Waals surface area contributed by atoms with Crippen LogP contribution in [0.5, 0.6) is 5.75 Å². The molecule has 0 radical (unpaired) electrons. The molecular weight excluding hydrogens is 403 g/mol. The number of aryl methyl sites for hydroxylation is 1. The SMILES string of the molecule is Cc1cccc(C(Br)c2cc(Br)cc3c2OCC3)c1Cl. The van der Waals surface area contributed by atoms with Crippen molar-refractivity contribution in [2.24, 2.45) is 0 Å². The van der Waals surface area contributed by atoms with E-state index in [2.05, 4.69) is 50.1 Å². The Morgan fingerprint density at radius 3 is 2.85 bits per heavy atom. The molecule has 0 aromatic heterocycles. The van der Waals surface area contributed by atoms with E-state index in [1.807, 2.05) is 19.1 Å². The van der Waals surface area contributed by atoms with E-state index in [4.69, 9.17) is 16.3 Å². The molecule has 0 saturated heterocycles. The third kappa shape index (κ3) is 2.51. The summed E-state index contributed by atoms with van der Waals surface area (Å²) in [6, 6.07) is 10.3. The van der Waals surface area contributed by atoms with Crippen LogP contribution >= 0.6 is 43.5 Å². The zero-order valence-electron chi connectivity index (χ0n) is 10.9. The standard InChI is InChI=1S/C16H13Br2ClO/c1-9-3-2-4-12(15(9)19)14(18)13-8-11(17)7-10-5-6-20-16(10)13/h2-4,7-8,14H,5-6H2,1H3. The molecule has 1 aliphatic heterocycles. The molecule has 1 unspecified atom stereocenters. The van der Waals surface area contributed by atoms with Gasteiger partial charge in [-0.3, -0.25) is 0 Å². The fraction of sp³-hybridized carbons (Fsp3) is 0.250. The first-order valence-electron chi connectivity index (χ1n) is 6.42. The summed E-state index contributed by atoms with van der Waals surface area (Å²) in [6.45, 7) is 2.77. The maximum Gasteiger partial charge on any atom is 0.127 e. The predicted octanol–water partition coefficient (Wildman–Crippen LogP) is 5.83. The van der Waals surface area contributed by atoms with Crippen LogP contribution in [-0.2, 0) is 6.42 Å². The first-order valence-corrected chi connectivity index (χ1v) is 8.51. The van der Waals surface area contributed by atoms with Gasteiger partial charge >= 0.3 is 0 Å². The van der Waals surface area contributed by atoms with E-state index in [1.165, 1.54) is 5.56 Å². The van der Waals surface area contributed by atoms with Crippen molar-refractivity contribution in [3.8, 4) is 5.75 Å². The van der Waals surface area contributed by atoms with Gasteiger partial charge in [0.1, 0.15) is 5.75 Å². The van der Waals surface area contributed by atoms with Gasteiger partial charge < -0.3 is 4.74 Å². The van der Waals surface area contributed by atoms with E-state index in [-0.39, 0.29) is 4.83 Å². The van der Waals surface area contributed by atoms with Gasteiger partial charge in [0.05, 0.1) is 11.4 Å². The molecule has 2 aromatic carbocycles. The first kappa shape index (κ1) is 14.4. The van der Waals surface area contributed by atoms with Gasteiger partial charge in [-0.25, -0.2) is 0 Å². The highest BCUT2D eigenvalue weighted by Gasteiger charge is 2.24. The lowest BCUT2D eigenvalue weighted by Crippen LogP contribution is -1.99. The lowest BCUT2D eigenvalue weighted by molar-refractivity contribution is 0.354. The van der Waals surface area contributed by atoms with Gasteiger partial charge in [-0.1, -0.05) is 61.7 Å². The Morgan fingerprint density at radius 2 is 2.05 bits per heavy atom. The highest BCUT2D eigenvalue weighted by molar-refractivity contribution is 9.10. The average Bonchev–Trinajstić information content (AvgIpc) is 2.88. The number of benzene rings is 2. The Labute approximate surface area is 140 Å². The minimum Gasteiger partial charge on any atom is -0.493 e. The Bertz CT molecular complexity index is 670. The fourth-order valence-corrected chi connectivity index (χ4v) is 4.13. The number of hydrogen-bond acceptors (Lipinski definition) is 1. The molecule has 104 valence electrons. The second kappa shape index (κ2) is 5.70. The Kier molecular flexibility index (Phi) is 4.11. The number of ether oxygens (including phenoxy) is 1. The molecule has 0 amide bonds. The Morgan fingerprint density at radius 1 is 1.25 bits per heavy atom. The van der Waals surface area contributed by atoms with Crippen LogP contribution in [0.15, 0.2) is 34.8 Å². The zero-order valence-corrected chi connectivity index (χ0v) is 14.8. The average molecular weight is 417 g/mol. The minimum atomic E-state index is 0.0271. The molecule has 1 aliphatic rings. The molecular formula is C16H13Br2ClO. The van der Waals surface area contributed by atoms with Crippen LogP contribution in [0, 0.1) is 6.92 Å². The lowest BCUT2D eigenvalue weighted by atomic mass is 10.00. The predicted molar refractivity (Wildman–Crippen MR) is 90.3 cm³/mol. The van der Waals surface area contributed by atoms with Crippen molar-refractivity contribution < 1.29 is 4.74 Å². The van der Waals surface area contributed by atoms with Gasteiger partial charge in [-0.2, -0.15) is 0 Å². The van der Waals surface area contributed by atoms with Crippen molar-refractivity contribution in [1.29, 1.82) is 0 Å². The van der Waals surface area contributed by atoms with Crippen LogP contribution in [0.2, 0.25) is 5.02 Å². The normalized spacial score (nSPS) is 14.8. The van der Waals surface area contributed by atoms with Gasteiger partial charge in [0.15, 0.2) is 0 Å². The van der Waals surface area contributed by atoms with Crippen molar-refractivity contribution in [2.45, 2.75) is 18.2 Å². The van der Waals surface area contributed by atoms with E-state index < -0.39 is 0 Å². The molecule has 0 saturated carbocycles. The number of alkyl halides is 1. The first-order chi connectivity index (χ1) is 9.58. The van der Waals surface area contributed by atoms with Crippen molar-refractivity contribution in [3.63, 3.8) is 0 Å². The van der Waals surface area contributed by atoms with Crippen LogP contribution in [0.4, 0.5) is 0 Å². The summed E-state index contributed by atoms with van der Waals surface area (Å²) in [6.07, 6.45) is 0.961. The summed E-state index contributed by atoms with van der Waals surface area (Å²) < 4.78 is 6.88. The molecule has 20 heavy (non-hydrogen) atoms. The topological polar surface area (TPSA) is 9.23 Å². The van der Waals surface area contributed by atoms with Gasteiger partial charge in [-0.05, 0) is 35.7 Å². The van der Waals surface area contributed by atoms with Gasteiger partial charge in [0, 0.05) is 21.5 Å². The summed E-state index contributed by atoms with van der Waals surface area (Å²) in [5, 5.41) is 0.807. The zero-order chi connectivity index (χ0) is 14.3. The van der Waals surface area contributed by atoms with Crippen LogP contribution in [0.1, 0.15) is 27.1 Å². The van der Waals surface area contributed by atoms with Gasteiger partial charge in [0.2, 0.25) is 0 Å². The number of hydrogen-bond donors (Lipinski definition) is 0. The van der Waals surface area contributed by atoms with Crippen LogP contribution < -0.4 is 4.74 Å². The summed E-state index contributed by atoms with van der Waals surface area (Å²) in [5.74, 6) is 0.993. The van der Waals surface area contributed by atoms with E-state index in [0.717, 1.165) is 45.0 Å². The second-order valence-electron chi connectivity index (χ2n) is 4.92. The number of fused-ring (bicyclic) bond motifs is 1. The van der Waals surface area contributed by atoms with Crippen molar-refractivity contribution in [3.05, 3.63) is 62.1 Å². The van der Waals surface area contributed by atoms with Crippen LogP contribution in [0.25, 0.3) is 0 Å². The molecule has 0 bridgehead atoms. The minimum absolute atomic E-state index is 0.0271. The maximum absolute atomic E-state index is 6.45. The Balaban J connectivity index is 2.11. The summed E-state index contributed by atoms with van der Waals surface area (Å²) in [5.41, 5.74) is 4.53. The van der Waals surface area contributed by atoms with Crippen molar-refractivity contribution >= 4 is 43.5 Å². The molecule has 0 spiro atoms. The lowest BCUT2D eigenvalue weighted by Gasteiger charge is -2.17. The number of halogens is 3. The summed E-state index contributed by atoms with van der Waals surface area (Å²) >= 11 is 13.8. The third-order valence-electron chi connectivity index (χ3n) is 3.54. The molecule has 1 nitrogen and oxygen atoms in total. The monoisotopic (exact) mass is 414 g/mol. The Hall–Kier alpha value is -0.510. The molecule has 4 heteroatoms. The van der Waals surface area contributed by atoms with Crippen molar-refractivity contribution in [2.75, 3.05) is 6.61 Å².